The molecule has 3 rings (SSSR count). The smallest absolute Gasteiger partial charge is 0.224 e. The molecule has 0 bridgehead atoms. The molecule has 0 saturated carbocycles. The van der Waals surface area contributed by atoms with Gasteiger partial charge in [0.1, 0.15) is 5.82 Å². The van der Waals surface area contributed by atoms with Crippen LogP contribution in [-0.2, 0) is 17.8 Å². The van der Waals surface area contributed by atoms with Gasteiger partial charge >= 0.3 is 0 Å². The van der Waals surface area contributed by atoms with Crippen molar-refractivity contribution in [2.24, 2.45) is 0 Å². The lowest BCUT2D eigenvalue weighted by Crippen LogP contribution is -2.25. The summed E-state index contributed by atoms with van der Waals surface area (Å²) in [7, 11) is 0. The molecule has 4 heteroatoms. The first-order chi connectivity index (χ1) is 10.2. The average Bonchev–Trinajstić information content (AvgIpc) is 2.88. The van der Waals surface area contributed by atoms with Gasteiger partial charge in [-0.15, -0.1) is 0 Å². The molecule has 0 saturated heterocycles. The normalized spacial score (nSPS) is 10.7. The summed E-state index contributed by atoms with van der Waals surface area (Å²) in [5.41, 5.74) is 3.22. The van der Waals surface area contributed by atoms with E-state index in [1.807, 2.05) is 66.2 Å². The zero-order chi connectivity index (χ0) is 14.7. The molecule has 4 nitrogen and oxygen atoms in total. The molecule has 0 radical (unpaired) electrons. The van der Waals surface area contributed by atoms with Gasteiger partial charge in [0, 0.05) is 6.20 Å². The molecule has 3 aromatic rings. The zero-order valence-electron chi connectivity index (χ0n) is 11.9. The summed E-state index contributed by atoms with van der Waals surface area (Å²) in [5.74, 6) is 0.844. The topological polar surface area (TPSA) is 46.4 Å². The molecule has 0 aliphatic carbocycles. The second-order valence-corrected chi connectivity index (χ2v) is 5.11. The van der Waals surface area contributed by atoms with Crippen molar-refractivity contribution in [1.82, 2.24) is 14.7 Å². The Bertz CT molecular complexity index is 776. The summed E-state index contributed by atoms with van der Waals surface area (Å²) in [6.45, 7) is 2.46. The molecule has 0 fully saturated rings. The number of pyridine rings is 1. The lowest BCUT2D eigenvalue weighted by atomic mass is 10.1. The Morgan fingerprint density at radius 2 is 2.14 bits per heavy atom. The van der Waals surface area contributed by atoms with Crippen molar-refractivity contribution in [2.75, 3.05) is 0 Å². The van der Waals surface area contributed by atoms with Crippen LogP contribution in [0.1, 0.15) is 17.0 Å². The van der Waals surface area contributed by atoms with Gasteiger partial charge in [0.2, 0.25) is 5.91 Å². The van der Waals surface area contributed by atoms with Gasteiger partial charge < -0.3 is 9.72 Å². The number of nitrogens with one attached hydrogen (secondary N) is 1. The Morgan fingerprint density at radius 1 is 1.24 bits per heavy atom. The molecule has 1 N–H and O–H groups in total. The van der Waals surface area contributed by atoms with E-state index in [9.17, 15) is 4.79 Å². The van der Waals surface area contributed by atoms with Gasteiger partial charge in [-0.2, -0.15) is 0 Å². The summed E-state index contributed by atoms with van der Waals surface area (Å²) < 4.78 is 1.98. The number of rotatable bonds is 4. The minimum atomic E-state index is 0.00767. The number of benzene rings is 1. The highest BCUT2D eigenvalue weighted by molar-refractivity contribution is 5.78. The van der Waals surface area contributed by atoms with Crippen molar-refractivity contribution in [3.05, 3.63) is 71.8 Å². The first kappa shape index (κ1) is 13.4. The van der Waals surface area contributed by atoms with Gasteiger partial charge in [0.05, 0.1) is 24.7 Å². The summed E-state index contributed by atoms with van der Waals surface area (Å²) >= 11 is 0. The maximum atomic E-state index is 12.0. The van der Waals surface area contributed by atoms with Crippen LogP contribution in [0.15, 0.2) is 54.9 Å². The van der Waals surface area contributed by atoms with E-state index in [0.29, 0.717) is 13.0 Å². The van der Waals surface area contributed by atoms with Crippen LogP contribution < -0.4 is 5.32 Å². The highest BCUT2D eigenvalue weighted by Gasteiger charge is 2.06. The van der Waals surface area contributed by atoms with Crippen LogP contribution >= 0.6 is 0 Å². The molecule has 1 aromatic carbocycles. The van der Waals surface area contributed by atoms with Crippen LogP contribution in [0.5, 0.6) is 0 Å². The summed E-state index contributed by atoms with van der Waals surface area (Å²) in [6, 6.07) is 13.9. The molecule has 2 heterocycles. The van der Waals surface area contributed by atoms with Crippen LogP contribution in [0, 0.1) is 6.92 Å². The highest BCUT2D eigenvalue weighted by Crippen LogP contribution is 2.07. The third kappa shape index (κ3) is 3.11. The fourth-order valence-corrected chi connectivity index (χ4v) is 2.38. The first-order valence-corrected chi connectivity index (χ1v) is 6.95. The van der Waals surface area contributed by atoms with E-state index in [4.69, 9.17) is 0 Å². The number of imidazole rings is 1. The van der Waals surface area contributed by atoms with Crippen molar-refractivity contribution < 1.29 is 4.79 Å². The average molecular weight is 279 g/mol. The van der Waals surface area contributed by atoms with Gasteiger partial charge in [0.15, 0.2) is 0 Å². The predicted molar refractivity (Wildman–Crippen MR) is 81.9 cm³/mol. The lowest BCUT2D eigenvalue weighted by molar-refractivity contribution is -0.120. The first-order valence-electron chi connectivity index (χ1n) is 6.95. The standard InChI is InChI=1S/C17H17N3O/c1-13-5-4-6-14(9-13)10-17(21)19-12-16-18-11-15-7-2-3-8-20(15)16/h2-9,11H,10,12H2,1H3,(H,19,21). The molecule has 106 valence electrons. The Balaban J connectivity index is 1.63. The maximum Gasteiger partial charge on any atom is 0.224 e. The number of aryl methyl sites for hydroxylation is 1. The van der Waals surface area contributed by atoms with Gasteiger partial charge in [-0.1, -0.05) is 35.9 Å². The van der Waals surface area contributed by atoms with E-state index in [0.717, 1.165) is 16.9 Å². The van der Waals surface area contributed by atoms with E-state index in [1.165, 1.54) is 5.56 Å². The van der Waals surface area contributed by atoms with Gasteiger partial charge in [-0.25, -0.2) is 4.98 Å². The minimum Gasteiger partial charge on any atom is -0.349 e. The molecular weight excluding hydrogens is 262 g/mol. The third-order valence-electron chi connectivity index (χ3n) is 3.41. The van der Waals surface area contributed by atoms with E-state index in [-0.39, 0.29) is 5.91 Å². The number of hydrogen-bond acceptors (Lipinski definition) is 2. The Hall–Kier alpha value is -2.62. The second-order valence-electron chi connectivity index (χ2n) is 5.11. The van der Waals surface area contributed by atoms with Crippen LogP contribution in [0.25, 0.3) is 5.52 Å². The van der Waals surface area contributed by atoms with Gasteiger partial charge in [-0.05, 0) is 24.6 Å². The predicted octanol–water partition coefficient (Wildman–Crippen LogP) is 2.50. The summed E-state index contributed by atoms with van der Waals surface area (Å²) in [5, 5.41) is 2.92. The molecule has 0 aliphatic heterocycles. The van der Waals surface area contributed by atoms with Crippen LogP contribution in [0.2, 0.25) is 0 Å². The molecule has 0 spiro atoms. The minimum absolute atomic E-state index is 0.00767. The number of carbonyl (C=O) groups excluding carboxylic acids is 1. The molecule has 0 aliphatic rings. The second kappa shape index (κ2) is 5.79. The molecule has 21 heavy (non-hydrogen) atoms. The Kier molecular flexibility index (Phi) is 3.69. The van der Waals surface area contributed by atoms with Crippen LogP contribution in [0.4, 0.5) is 0 Å². The number of amides is 1. The van der Waals surface area contributed by atoms with E-state index < -0.39 is 0 Å². The number of nitrogens with zero attached hydrogens (tertiary/aromatic N) is 2. The molecular formula is C17H17N3O. The Morgan fingerprint density at radius 3 is 3.00 bits per heavy atom. The highest BCUT2D eigenvalue weighted by atomic mass is 16.1. The van der Waals surface area contributed by atoms with Crippen molar-refractivity contribution in [1.29, 1.82) is 0 Å². The van der Waals surface area contributed by atoms with Crippen molar-refractivity contribution in [3.63, 3.8) is 0 Å². The fraction of sp³-hybridized carbons (Fsp3) is 0.176. The zero-order valence-corrected chi connectivity index (χ0v) is 11.9. The van der Waals surface area contributed by atoms with Crippen LogP contribution in [-0.4, -0.2) is 15.3 Å². The molecule has 1 amide bonds. The SMILES string of the molecule is Cc1cccc(CC(=O)NCc2ncc3ccccn23)c1. The molecule has 0 unspecified atom stereocenters. The monoisotopic (exact) mass is 279 g/mol. The number of aromatic nitrogens is 2. The number of hydrogen-bond donors (Lipinski definition) is 1. The summed E-state index contributed by atoms with van der Waals surface area (Å²) in [6.07, 6.45) is 4.15. The quantitative estimate of drug-likeness (QED) is 0.797. The third-order valence-corrected chi connectivity index (χ3v) is 3.41. The lowest BCUT2D eigenvalue weighted by Gasteiger charge is -2.05. The largest absolute Gasteiger partial charge is 0.349 e. The fourth-order valence-electron chi connectivity index (χ4n) is 2.38. The maximum absolute atomic E-state index is 12.0. The number of carbonyl (C=O) groups is 1. The van der Waals surface area contributed by atoms with E-state index >= 15 is 0 Å². The Labute approximate surface area is 123 Å². The summed E-state index contributed by atoms with van der Waals surface area (Å²) in [4.78, 5) is 16.3. The van der Waals surface area contributed by atoms with Gasteiger partial charge in [-0.3, -0.25) is 4.79 Å². The van der Waals surface area contributed by atoms with Gasteiger partial charge in [0.25, 0.3) is 0 Å². The van der Waals surface area contributed by atoms with Crippen LogP contribution in [0.3, 0.4) is 0 Å². The van der Waals surface area contributed by atoms with E-state index in [1.54, 1.807) is 0 Å². The van der Waals surface area contributed by atoms with Crippen molar-refractivity contribution in [2.45, 2.75) is 19.9 Å². The van der Waals surface area contributed by atoms with Crippen molar-refractivity contribution >= 4 is 11.4 Å². The molecule has 0 atom stereocenters. The van der Waals surface area contributed by atoms with E-state index in [2.05, 4.69) is 10.3 Å². The molecule has 2 aromatic heterocycles. The number of fused-ring (bicyclic) bond motifs is 1. The van der Waals surface area contributed by atoms with Crippen molar-refractivity contribution in [3.8, 4) is 0 Å².